The predicted octanol–water partition coefficient (Wildman–Crippen LogP) is 4.32. The van der Waals surface area contributed by atoms with Crippen LogP contribution in [0, 0.1) is 0 Å². The Morgan fingerprint density at radius 1 is 1.14 bits per heavy atom. The maximum atomic E-state index is 13.5. The quantitative estimate of drug-likeness (QED) is 0.555. The molecule has 2 atom stereocenters. The fourth-order valence-electron chi connectivity index (χ4n) is 4.33. The van der Waals surface area contributed by atoms with Crippen LogP contribution in [0.15, 0.2) is 36.8 Å². The Morgan fingerprint density at radius 2 is 1.91 bits per heavy atom. The number of halogens is 3. The summed E-state index contributed by atoms with van der Waals surface area (Å²) in [6.07, 6.45) is -1.47. The standard InChI is InChI=1S/C24H28F3N7O/c1-14-12-33(4)5-6-34(14)22-10-20-21(11-28-22)29-13-30-23(20)31-15(2)17-7-18(24(25,26)27)9-19(8-17)32-16(3)35/h7-11,13-15H,5-6,12H2,1-4H3,(H,32,35)(H,29,30,31)/t14-,15+/m0/s1. The topological polar surface area (TPSA) is 86.3 Å². The monoisotopic (exact) mass is 487 g/mol. The Hall–Kier alpha value is -3.47. The molecule has 0 bridgehead atoms. The van der Waals surface area contributed by atoms with Gasteiger partial charge < -0.3 is 20.4 Å². The highest BCUT2D eigenvalue weighted by Gasteiger charge is 2.32. The summed E-state index contributed by atoms with van der Waals surface area (Å²) in [6.45, 7) is 7.81. The van der Waals surface area contributed by atoms with Crippen LogP contribution in [0.4, 0.5) is 30.5 Å². The molecule has 186 valence electrons. The van der Waals surface area contributed by atoms with E-state index in [1.54, 1.807) is 13.1 Å². The molecule has 1 saturated heterocycles. The molecule has 1 aliphatic rings. The SMILES string of the molecule is CC(=O)Nc1cc([C@@H](C)Nc2ncnc3cnc(N4CCN(C)C[C@@H]4C)cc23)cc(C(F)(F)F)c1. The van der Waals surface area contributed by atoms with E-state index >= 15 is 0 Å². The molecule has 4 rings (SSSR count). The molecule has 11 heteroatoms. The minimum atomic E-state index is -4.55. The van der Waals surface area contributed by atoms with Crippen LogP contribution in [0.2, 0.25) is 0 Å². The molecule has 0 aliphatic carbocycles. The number of hydrogen-bond donors (Lipinski definition) is 2. The Labute approximate surface area is 201 Å². The van der Waals surface area contributed by atoms with Crippen molar-refractivity contribution in [2.45, 2.75) is 39.0 Å². The first-order valence-electron chi connectivity index (χ1n) is 11.3. The zero-order valence-corrected chi connectivity index (χ0v) is 20.0. The van der Waals surface area contributed by atoms with E-state index in [-0.39, 0.29) is 11.7 Å². The lowest BCUT2D eigenvalue weighted by Gasteiger charge is -2.39. The summed E-state index contributed by atoms with van der Waals surface area (Å²) in [5.41, 5.74) is 0.232. The van der Waals surface area contributed by atoms with Gasteiger partial charge in [0.15, 0.2) is 0 Å². The van der Waals surface area contributed by atoms with E-state index in [0.717, 1.165) is 43.0 Å². The molecule has 2 N–H and O–H groups in total. The number of aromatic nitrogens is 3. The van der Waals surface area contributed by atoms with Gasteiger partial charge in [-0.25, -0.2) is 15.0 Å². The van der Waals surface area contributed by atoms with E-state index in [2.05, 4.69) is 49.4 Å². The van der Waals surface area contributed by atoms with Crippen LogP contribution in [-0.4, -0.2) is 58.5 Å². The second kappa shape index (κ2) is 9.65. The molecule has 0 spiro atoms. The Morgan fingerprint density at radius 3 is 2.60 bits per heavy atom. The number of nitrogens with one attached hydrogen (secondary N) is 2. The van der Waals surface area contributed by atoms with E-state index in [4.69, 9.17) is 0 Å². The fraction of sp³-hybridized carbons (Fsp3) is 0.417. The number of fused-ring (bicyclic) bond motifs is 1. The highest BCUT2D eigenvalue weighted by Crippen LogP contribution is 2.35. The number of likely N-dealkylation sites (N-methyl/N-ethyl adjacent to an activating group) is 1. The third-order valence-corrected chi connectivity index (χ3v) is 6.09. The molecule has 1 aromatic carbocycles. The van der Waals surface area contributed by atoms with Crippen LogP contribution >= 0.6 is 0 Å². The van der Waals surface area contributed by atoms with Crippen molar-refractivity contribution < 1.29 is 18.0 Å². The summed E-state index contributed by atoms with van der Waals surface area (Å²) in [6, 6.07) is 5.17. The predicted molar refractivity (Wildman–Crippen MR) is 129 cm³/mol. The number of carbonyl (C=O) groups is 1. The van der Waals surface area contributed by atoms with Gasteiger partial charge in [-0.3, -0.25) is 4.79 Å². The van der Waals surface area contributed by atoms with Crippen molar-refractivity contribution in [1.82, 2.24) is 19.9 Å². The summed E-state index contributed by atoms with van der Waals surface area (Å²) in [7, 11) is 2.09. The van der Waals surface area contributed by atoms with Gasteiger partial charge in [0.1, 0.15) is 18.0 Å². The summed E-state index contributed by atoms with van der Waals surface area (Å²) in [5.74, 6) is 0.845. The number of piperazine rings is 1. The molecule has 3 aromatic rings. The van der Waals surface area contributed by atoms with Crippen LogP contribution in [0.25, 0.3) is 10.9 Å². The van der Waals surface area contributed by atoms with E-state index in [9.17, 15) is 18.0 Å². The van der Waals surface area contributed by atoms with Crippen molar-refractivity contribution in [2.24, 2.45) is 0 Å². The van der Waals surface area contributed by atoms with Gasteiger partial charge in [0.05, 0.1) is 23.3 Å². The van der Waals surface area contributed by atoms with Crippen molar-refractivity contribution in [3.63, 3.8) is 0 Å². The molecule has 1 fully saturated rings. The van der Waals surface area contributed by atoms with Crippen molar-refractivity contribution in [3.05, 3.63) is 47.9 Å². The third-order valence-electron chi connectivity index (χ3n) is 6.09. The Balaban J connectivity index is 1.67. The van der Waals surface area contributed by atoms with Crippen molar-refractivity contribution in [3.8, 4) is 0 Å². The van der Waals surface area contributed by atoms with Crippen molar-refractivity contribution in [1.29, 1.82) is 0 Å². The molecule has 0 radical (unpaired) electrons. The first kappa shape index (κ1) is 24.6. The van der Waals surface area contributed by atoms with Crippen LogP contribution < -0.4 is 15.5 Å². The van der Waals surface area contributed by atoms with E-state index in [0.29, 0.717) is 16.9 Å². The van der Waals surface area contributed by atoms with Crippen LogP contribution in [0.3, 0.4) is 0 Å². The average Bonchev–Trinajstić information content (AvgIpc) is 2.78. The maximum absolute atomic E-state index is 13.5. The first-order chi connectivity index (χ1) is 16.5. The van der Waals surface area contributed by atoms with E-state index < -0.39 is 23.7 Å². The van der Waals surface area contributed by atoms with Crippen molar-refractivity contribution in [2.75, 3.05) is 42.2 Å². The molecule has 3 heterocycles. The average molecular weight is 488 g/mol. The van der Waals surface area contributed by atoms with Gasteiger partial charge in [-0.05, 0) is 50.7 Å². The summed E-state index contributed by atoms with van der Waals surface area (Å²) in [5, 5.41) is 6.40. The lowest BCUT2D eigenvalue weighted by atomic mass is 10.0. The fourth-order valence-corrected chi connectivity index (χ4v) is 4.33. The highest BCUT2D eigenvalue weighted by atomic mass is 19.4. The van der Waals surface area contributed by atoms with Crippen LogP contribution in [0.1, 0.15) is 37.9 Å². The summed E-state index contributed by atoms with van der Waals surface area (Å²) >= 11 is 0. The molecular weight excluding hydrogens is 459 g/mol. The normalized spacial score (nSPS) is 17.9. The number of nitrogens with zero attached hydrogens (tertiary/aromatic N) is 5. The molecule has 1 aliphatic heterocycles. The third kappa shape index (κ3) is 5.61. The lowest BCUT2D eigenvalue weighted by Crippen LogP contribution is -2.50. The van der Waals surface area contributed by atoms with Gasteiger partial charge in [-0.1, -0.05) is 0 Å². The van der Waals surface area contributed by atoms with Gasteiger partial charge in [0, 0.05) is 43.7 Å². The van der Waals surface area contributed by atoms with Crippen LogP contribution in [-0.2, 0) is 11.0 Å². The number of alkyl halides is 3. The molecule has 8 nitrogen and oxygen atoms in total. The Bertz CT molecular complexity index is 1230. The number of pyridine rings is 1. The molecule has 0 unspecified atom stereocenters. The highest BCUT2D eigenvalue weighted by molar-refractivity contribution is 5.91. The second-order valence-corrected chi connectivity index (χ2v) is 8.98. The minimum Gasteiger partial charge on any atom is -0.363 e. The number of hydrogen-bond acceptors (Lipinski definition) is 7. The maximum Gasteiger partial charge on any atom is 0.416 e. The number of rotatable bonds is 5. The summed E-state index contributed by atoms with van der Waals surface area (Å²) < 4.78 is 40.5. The largest absolute Gasteiger partial charge is 0.416 e. The van der Waals surface area contributed by atoms with E-state index in [1.165, 1.54) is 19.3 Å². The summed E-state index contributed by atoms with van der Waals surface area (Å²) in [4.78, 5) is 29.2. The molecule has 0 saturated carbocycles. The number of amides is 1. The van der Waals surface area contributed by atoms with Crippen molar-refractivity contribution >= 4 is 34.1 Å². The van der Waals surface area contributed by atoms with Gasteiger partial charge in [-0.15, -0.1) is 0 Å². The number of benzene rings is 1. The minimum absolute atomic E-state index is 0.0825. The molecule has 1 amide bonds. The second-order valence-electron chi connectivity index (χ2n) is 8.98. The zero-order valence-electron chi connectivity index (χ0n) is 20.0. The van der Waals surface area contributed by atoms with Gasteiger partial charge in [-0.2, -0.15) is 13.2 Å². The number of carbonyl (C=O) groups excluding carboxylic acids is 1. The number of anilines is 3. The smallest absolute Gasteiger partial charge is 0.363 e. The van der Waals surface area contributed by atoms with Crippen LogP contribution in [0.5, 0.6) is 0 Å². The molecule has 35 heavy (non-hydrogen) atoms. The molecule has 2 aromatic heterocycles. The molecular formula is C24H28F3N7O. The Kier molecular flexibility index (Phi) is 6.79. The lowest BCUT2D eigenvalue weighted by molar-refractivity contribution is -0.137. The van der Waals surface area contributed by atoms with Gasteiger partial charge >= 0.3 is 6.18 Å². The van der Waals surface area contributed by atoms with E-state index in [1.807, 2.05) is 6.07 Å². The first-order valence-corrected chi connectivity index (χ1v) is 11.3. The zero-order chi connectivity index (χ0) is 25.3. The van der Waals surface area contributed by atoms with Gasteiger partial charge in [0.2, 0.25) is 5.91 Å². The van der Waals surface area contributed by atoms with Gasteiger partial charge in [0.25, 0.3) is 0 Å².